The molecule has 0 spiro atoms. The average Bonchev–Trinajstić information content (AvgIpc) is 3.02. The molecule has 0 fully saturated rings. The standard InChI is InChI=1S/C19H14N4/c1-2-6-15-14(5-1)19-22-16-7-3-4-8-17(16)23(19)18(21-15)13-9-11-20-12-10-13/h1-12,18,21H/t18-/m1/s1. The van der Waals surface area contributed by atoms with Crippen molar-refractivity contribution in [1.29, 1.82) is 0 Å². The van der Waals surface area contributed by atoms with Crippen LogP contribution in [-0.2, 0) is 0 Å². The van der Waals surface area contributed by atoms with Crippen molar-refractivity contribution in [2.45, 2.75) is 6.17 Å². The van der Waals surface area contributed by atoms with Gasteiger partial charge in [0.2, 0.25) is 0 Å². The van der Waals surface area contributed by atoms with Gasteiger partial charge in [0.05, 0.1) is 11.0 Å². The normalized spacial score (nSPS) is 15.7. The van der Waals surface area contributed by atoms with Gasteiger partial charge in [-0.05, 0) is 42.0 Å². The molecule has 5 rings (SSSR count). The Bertz CT molecular complexity index is 1000. The molecular weight excluding hydrogens is 284 g/mol. The van der Waals surface area contributed by atoms with Crippen molar-refractivity contribution in [1.82, 2.24) is 14.5 Å². The lowest BCUT2D eigenvalue weighted by Crippen LogP contribution is -2.24. The van der Waals surface area contributed by atoms with Gasteiger partial charge in [0.15, 0.2) is 0 Å². The number of anilines is 1. The Morgan fingerprint density at radius 1 is 0.870 bits per heavy atom. The number of aromatic nitrogens is 3. The monoisotopic (exact) mass is 298 g/mol. The number of fused-ring (bicyclic) bond motifs is 5. The van der Waals surface area contributed by atoms with E-state index in [0.717, 1.165) is 28.1 Å². The summed E-state index contributed by atoms with van der Waals surface area (Å²) in [6.07, 6.45) is 3.67. The van der Waals surface area contributed by atoms with Crippen molar-refractivity contribution in [3.8, 4) is 11.4 Å². The molecule has 0 unspecified atom stereocenters. The summed E-state index contributed by atoms with van der Waals surface area (Å²) < 4.78 is 2.27. The molecule has 0 radical (unpaired) electrons. The highest BCUT2D eigenvalue weighted by Crippen LogP contribution is 2.40. The topological polar surface area (TPSA) is 42.7 Å². The number of para-hydroxylation sites is 3. The Balaban J connectivity index is 1.85. The Kier molecular flexibility index (Phi) is 2.52. The van der Waals surface area contributed by atoms with Gasteiger partial charge < -0.3 is 5.32 Å². The van der Waals surface area contributed by atoms with E-state index < -0.39 is 0 Å². The predicted octanol–water partition coefficient (Wildman–Crippen LogP) is 4.07. The van der Waals surface area contributed by atoms with Gasteiger partial charge in [-0.3, -0.25) is 9.55 Å². The third kappa shape index (κ3) is 1.78. The van der Waals surface area contributed by atoms with E-state index in [4.69, 9.17) is 4.98 Å². The summed E-state index contributed by atoms with van der Waals surface area (Å²) in [6, 6.07) is 20.7. The Morgan fingerprint density at radius 3 is 2.57 bits per heavy atom. The first-order valence-corrected chi connectivity index (χ1v) is 7.65. The largest absolute Gasteiger partial charge is 0.361 e. The van der Waals surface area contributed by atoms with E-state index in [-0.39, 0.29) is 6.17 Å². The van der Waals surface area contributed by atoms with Crippen LogP contribution >= 0.6 is 0 Å². The molecule has 4 aromatic rings. The summed E-state index contributed by atoms with van der Waals surface area (Å²) in [7, 11) is 0. The van der Waals surface area contributed by atoms with Crippen LogP contribution in [0.2, 0.25) is 0 Å². The number of nitrogens with zero attached hydrogens (tertiary/aromatic N) is 3. The molecule has 2 aromatic heterocycles. The van der Waals surface area contributed by atoms with Crippen LogP contribution in [0.1, 0.15) is 11.7 Å². The molecule has 1 aliphatic heterocycles. The Labute approximate surface area is 133 Å². The number of rotatable bonds is 1. The highest BCUT2D eigenvalue weighted by molar-refractivity contribution is 5.86. The van der Waals surface area contributed by atoms with Gasteiger partial charge >= 0.3 is 0 Å². The van der Waals surface area contributed by atoms with Crippen LogP contribution in [-0.4, -0.2) is 14.5 Å². The van der Waals surface area contributed by atoms with Crippen LogP contribution in [0.5, 0.6) is 0 Å². The quantitative estimate of drug-likeness (QED) is 0.576. The van der Waals surface area contributed by atoms with Crippen molar-refractivity contribution >= 4 is 16.7 Å². The molecule has 1 atom stereocenters. The first kappa shape index (κ1) is 12.4. The smallest absolute Gasteiger partial charge is 0.145 e. The number of pyridine rings is 1. The first-order valence-electron chi connectivity index (χ1n) is 7.65. The summed E-state index contributed by atoms with van der Waals surface area (Å²) in [6.45, 7) is 0. The summed E-state index contributed by atoms with van der Waals surface area (Å²) in [4.78, 5) is 9.02. The van der Waals surface area contributed by atoms with Gasteiger partial charge in [-0.25, -0.2) is 4.98 Å². The molecule has 1 aliphatic rings. The second-order valence-corrected chi connectivity index (χ2v) is 5.67. The second-order valence-electron chi connectivity index (χ2n) is 5.67. The van der Waals surface area contributed by atoms with Crippen molar-refractivity contribution in [2.75, 3.05) is 5.32 Å². The fourth-order valence-electron chi connectivity index (χ4n) is 3.29. The lowest BCUT2D eigenvalue weighted by molar-refractivity contribution is 0.668. The zero-order chi connectivity index (χ0) is 15.2. The third-order valence-corrected chi connectivity index (χ3v) is 4.34. The highest BCUT2D eigenvalue weighted by Gasteiger charge is 2.27. The molecule has 0 saturated heterocycles. The fourth-order valence-corrected chi connectivity index (χ4v) is 3.29. The van der Waals surface area contributed by atoms with Crippen molar-refractivity contribution in [2.24, 2.45) is 0 Å². The number of hydrogen-bond acceptors (Lipinski definition) is 3. The lowest BCUT2D eigenvalue weighted by Gasteiger charge is -2.30. The fraction of sp³-hybridized carbons (Fsp3) is 0.0526. The molecule has 0 amide bonds. The maximum Gasteiger partial charge on any atom is 0.145 e. The molecule has 2 aromatic carbocycles. The third-order valence-electron chi connectivity index (χ3n) is 4.34. The molecule has 4 nitrogen and oxygen atoms in total. The van der Waals surface area contributed by atoms with Crippen molar-refractivity contribution in [3.63, 3.8) is 0 Å². The number of hydrogen-bond donors (Lipinski definition) is 1. The van der Waals surface area contributed by atoms with Crippen molar-refractivity contribution in [3.05, 3.63) is 78.6 Å². The minimum absolute atomic E-state index is 0.00954. The summed E-state index contributed by atoms with van der Waals surface area (Å²) >= 11 is 0. The first-order chi connectivity index (χ1) is 11.4. The molecule has 3 heterocycles. The van der Waals surface area contributed by atoms with Crippen LogP contribution in [0.3, 0.4) is 0 Å². The number of benzene rings is 2. The number of nitrogens with one attached hydrogen (secondary N) is 1. The van der Waals surface area contributed by atoms with Crippen LogP contribution < -0.4 is 5.32 Å². The van der Waals surface area contributed by atoms with E-state index >= 15 is 0 Å². The molecule has 0 saturated carbocycles. The molecule has 4 heteroatoms. The zero-order valence-electron chi connectivity index (χ0n) is 12.3. The summed E-state index contributed by atoms with van der Waals surface area (Å²) in [5, 5.41) is 3.64. The minimum atomic E-state index is 0.00954. The summed E-state index contributed by atoms with van der Waals surface area (Å²) in [5.74, 6) is 1.00. The molecule has 23 heavy (non-hydrogen) atoms. The molecular formula is C19H14N4. The zero-order valence-corrected chi connectivity index (χ0v) is 12.3. The highest BCUT2D eigenvalue weighted by atomic mass is 15.2. The second kappa shape index (κ2) is 4.68. The minimum Gasteiger partial charge on any atom is -0.361 e. The van der Waals surface area contributed by atoms with Gasteiger partial charge in [-0.2, -0.15) is 0 Å². The lowest BCUT2D eigenvalue weighted by atomic mass is 10.1. The predicted molar refractivity (Wildman–Crippen MR) is 91.2 cm³/mol. The average molecular weight is 298 g/mol. The summed E-state index contributed by atoms with van der Waals surface area (Å²) in [5.41, 5.74) is 5.55. The SMILES string of the molecule is c1ccc2c(c1)N[C@@H](c1ccncc1)n1c-2nc2ccccc21. The Morgan fingerprint density at radius 2 is 1.65 bits per heavy atom. The maximum absolute atomic E-state index is 4.88. The van der Waals surface area contributed by atoms with E-state index in [1.807, 2.05) is 36.7 Å². The van der Waals surface area contributed by atoms with Gasteiger partial charge in [0.25, 0.3) is 0 Å². The van der Waals surface area contributed by atoms with Gasteiger partial charge in [0, 0.05) is 23.6 Å². The molecule has 0 bridgehead atoms. The van der Waals surface area contributed by atoms with E-state index in [9.17, 15) is 0 Å². The number of imidazole rings is 1. The van der Waals surface area contributed by atoms with E-state index in [0.29, 0.717) is 0 Å². The van der Waals surface area contributed by atoms with Crippen LogP contribution in [0.25, 0.3) is 22.4 Å². The van der Waals surface area contributed by atoms with Crippen LogP contribution in [0.15, 0.2) is 73.1 Å². The molecule has 1 N–H and O–H groups in total. The van der Waals surface area contributed by atoms with Crippen LogP contribution in [0.4, 0.5) is 5.69 Å². The van der Waals surface area contributed by atoms with E-state index in [2.05, 4.69) is 51.3 Å². The van der Waals surface area contributed by atoms with Gasteiger partial charge in [-0.1, -0.05) is 24.3 Å². The van der Waals surface area contributed by atoms with Gasteiger partial charge in [0.1, 0.15) is 12.0 Å². The maximum atomic E-state index is 4.88. The van der Waals surface area contributed by atoms with Crippen molar-refractivity contribution < 1.29 is 0 Å². The van der Waals surface area contributed by atoms with Crippen LogP contribution in [0, 0.1) is 0 Å². The molecule has 0 aliphatic carbocycles. The Hall–Kier alpha value is -3.14. The molecule has 110 valence electrons. The van der Waals surface area contributed by atoms with E-state index in [1.54, 1.807) is 0 Å². The van der Waals surface area contributed by atoms with E-state index in [1.165, 1.54) is 5.56 Å². The van der Waals surface area contributed by atoms with Gasteiger partial charge in [-0.15, -0.1) is 0 Å².